The lowest BCUT2D eigenvalue weighted by molar-refractivity contribution is 0.299. The highest BCUT2D eigenvalue weighted by Crippen LogP contribution is 2.22. The van der Waals surface area contributed by atoms with Crippen LogP contribution in [0.15, 0.2) is 80.9 Å². The molecule has 2 rings (SSSR count). The number of nitrogens with zero attached hydrogens (tertiary/aromatic N) is 3. The van der Waals surface area contributed by atoms with Crippen LogP contribution in [0.25, 0.3) is 0 Å². The lowest BCUT2D eigenvalue weighted by Crippen LogP contribution is -2.44. The van der Waals surface area contributed by atoms with E-state index in [1.165, 1.54) is 28.1 Å². The zero-order chi connectivity index (χ0) is 21.8. The van der Waals surface area contributed by atoms with E-state index >= 15 is 0 Å². The summed E-state index contributed by atoms with van der Waals surface area (Å²) >= 11 is 0. The van der Waals surface area contributed by atoms with E-state index in [4.69, 9.17) is 0 Å². The van der Waals surface area contributed by atoms with Crippen molar-refractivity contribution in [3.8, 4) is 0 Å². The van der Waals surface area contributed by atoms with Gasteiger partial charge in [-0.1, -0.05) is 36.8 Å². The Labute approximate surface area is 182 Å². The van der Waals surface area contributed by atoms with Crippen LogP contribution in [0, 0.1) is 0 Å². The molecule has 1 saturated heterocycles. The first-order chi connectivity index (χ1) is 14.6. The number of hydrogen-bond acceptors (Lipinski definition) is 5. The van der Waals surface area contributed by atoms with E-state index in [1.807, 2.05) is 0 Å². The summed E-state index contributed by atoms with van der Waals surface area (Å²) in [4.78, 5) is 10.6. The molecule has 2 aliphatic rings. The molecule has 1 aliphatic heterocycles. The lowest BCUT2D eigenvalue weighted by Gasteiger charge is -2.34. The number of piperazine rings is 1. The minimum absolute atomic E-state index is 0.798. The van der Waals surface area contributed by atoms with Crippen LogP contribution in [0.1, 0.15) is 40.5 Å². The van der Waals surface area contributed by atoms with Crippen molar-refractivity contribution in [3.63, 3.8) is 0 Å². The second-order valence-electron chi connectivity index (χ2n) is 7.59. The monoisotopic (exact) mass is 407 g/mol. The molecule has 30 heavy (non-hydrogen) atoms. The second-order valence-corrected chi connectivity index (χ2v) is 7.59. The highest BCUT2D eigenvalue weighted by Gasteiger charge is 2.18. The smallest absolute Gasteiger partial charge is 0.0629 e. The molecule has 0 saturated carbocycles. The third-order valence-corrected chi connectivity index (χ3v) is 5.33. The molecular weight excluding hydrogens is 370 g/mol. The molecule has 0 aromatic rings. The van der Waals surface area contributed by atoms with E-state index in [0.717, 1.165) is 51.3 Å². The Balaban J connectivity index is 2.14. The molecule has 0 amide bonds. The average Bonchev–Trinajstić information content (AvgIpc) is 2.78. The molecular formula is C25H37N5. The number of nitrogens with one attached hydrogen (secondary N) is 2. The van der Waals surface area contributed by atoms with Crippen LogP contribution in [-0.2, 0) is 0 Å². The second kappa shape index (κ2) is 12.8. The van der Waals surface area contributed by atoms with Crippen molar-refractivity contribution >= 4 is 12.4 Å². The lowest BCUT2D eigenvalue weighted by atomic mass is 10.0. The highest BCUT2D eigenvalue weighted by atomic mass is 15.2. The molecule has 0 radical (unpaired) electrons. The first-order valence-electron chi connectivity index (χ1n) is 10.9. The maximum atomic E-state index is 4.38. The van der Waals surface area contributed by atoms with Crippen LogP contribution >= 0.6 is 0 Å². The molecule has 1 heterocycles. The zero-order valence-corrected chi connectivity index (χ0v) is 19.0. The fourth-order valence-corrected chi connectivity index (χ4v) is 3.56. The Bertz CT molecular complexity index is 799. The summed E-state index contributed by atoms with van der Waals surface area (Å²) in [6.45, 7) is 17.1. The summed E-state index contributed by atoms with van der Waals surface area (Å²) < 4.78 is 0. The first kappa shape index (κ1) is 23.6. The van der Waals surface area contributed by atoms with Gasteiger partial charge in [-0.25, -0.2) is 0 Å². The van der Waals surface area contributed by atoms with Crippen LogP contribution in [0.5, 0.6) is 0 Å². The third-order valence-electron chi connectivity index (χ3n) is 5.33. The number of rotatable bonds is 9. The Morgan fingerprint density at radius 2 is 2.00 bits per heavy atom. The topological polar surface area (TPSA) is 52.0 Å². The van der Waals surface area contributed by atoms with Gasteiger partial charge in [-0.15, -0.1) is 0 Å². The third kappa shape index (κ3) is 7.30. The number of allylic oxidation sites excluding steroid dienone is 6. The van der Waals surface area contributed by atoms with Crippen molar-refractivity contribution in [1.82, 2.24) is 15.5 Å². The molecule has 0 bridgehead atoms. The average molecular weight is 408 g/mol. The van der Waals surface area contributed by atoms with Gasteiger partial charge in [0.05, 0.1) is 11.4 Å². The van der Waals surface area contributed by atoms with Crippen LogP contribution in [0.4, 0.5) is 0 Å². The SMILES string of the molecule is C=N/C=C\N=C1C=CC(CNC(=C/C)/C(=C(C)\C=C(/C)CC)N2CCNCC2)=CC1. The molecule has 5 heteroatoms. The summed E-state index contributed by atoms with van der Waals surface area (Å²) in [7, 11) is 0. The Morgan fingerprint density at radius 1 is 1.23 bits per heavy atom. The van der Waals surface area contributed by atoms with Gasteiger partial charge in [0, 0.05) is 57.3 Å². The normalized spacial score (nSPS) is 20.5. The van der Waals surface area contributed by atoms with Crippen LogP contribution < -0.4 is 10.6 Å². The van der Waals surface area contributed by atoms with E-state index < -0.39 is 0 Å². The highest BCUT2D eigenvalue weighted by molar-refractivity contribution is 5.98. The van der Waals surface area contributed by atoms with Crippen molar-refractivity contribution in [2.75, 3.05) is 32.7 Å². The summed E-state index contributed by atoms with van der Waals surface area (Å²) in [5, 5.41) is 7.15. The van der Waals surface area contributed by atoms with Crippen LogP contribution in [-0.4, -0.2) is 50.1 Å². The van der Waals surface area contributed by atoms with Gasteiger partial charge in [-0.3, -0.25) is 9.98 Å². The molecule has 0 aromatic carbocycles. The Morgan fingerprint density at radius 3 is 2.60 bits per heavy atom. The summed E-state index contributed by atoms with van der Waals surface area (Å²) in [6.07, 6.45) is 16.2. The number of hydrogen-bond donors (Lipinski definition) is 2. The fraction of sp³-hybridized carbons (Fsp3) is 0.440. The Kier molecular flexibility index (Phi) is 10.1. The van der Waals surface area contributed by atoms with E-state index in [0.29, 0.717) is 0 Å². The van der Waals surface area contributed by atoms with Gasteiger partial charge in [0.15, 0.2) is 0 Å². The number of aliphatic imine (C=N–C) groups is 2. The minimum Gasteiger partial charge on any atom is -0.380 e. The van der Waals surface area contributed by atoms with Crippen molar-refractivity contribution in [2.45, 2.75) is 40.5 Å². The summed E-state index contributed by atoms with van der Waals surface area (Å²) in [5.74, 6) is 0. The van der Waals surface area contributed by atoms with Gasteiger partial charge in [0.2, 0.25) is 0 Å². The first-order valence-corrected chi connectivity index (χ1v) is 10.9. The van der Waals surface area contributed by atoms with E-state index in [9.17, 15) is 0 Å². The molecule has 5 nitrogen and oxygen atoms in total. The van der Waals surface area contributed by atoms with Gasteiger partial charge in [0.25, 0.3) is 0 Å². The summed E-state index contributed by atoms with van der Waals surface area (Å²) in [5.41, 5.74) is 7.54. The molecule has 1 aliphatic carbocycles. The molecule has 162 valence electrons. The van der Waals surface area contributed by atoms with Crippen molar-refractivity contribution < 1.29 is 0 Å². The molecule has 0 spiro atoms. The van der Waals surface area contributed by atoms with Crippen LogP contribution in [0.2, 0.25) is 0 Å². The molecule has 0 aromatic heterocycles. The zero-order valence-electron chi connectivity index (χ0n) is 19.0. The van der Waals surface area contributed by atoms with Crippen LogP contribution in [0.3, 0.4) is 0 Å². The standard InChI is InChI=1S/C25H37N5/c1-6-20(3)18-21(4)25(30-16-14-27-15-17-30)24(7-2)29-19-22-8-10-23(11-9-22)28-13-12-26-5/h7-10,12-13,18,27,29H,5-6,11,14-17,19H2,1-4H3/b13-12-,20-18+,24-7+,25-21+,28-23?. The minimum atomic E-state index is 0.798. The molecule has 0 atom stereocenters. The Hall–Kier alpha value is -2.66. The predicted molar refractivity (Wildman–Crippen MR) is 131 cm³/mol. The molecule has 0 unspecified atom stereocenters. The largest absolute Gasteiger partial charge is 0.380 e. The van der Waals surface area contributed by atoms with Gasteiger partial charge < -0.3 is 15.5 Å². The maximum absolute atomic E-state index is 4.38. The maximum Gasteiger partial charge on any atom is 0.0629 e. The fourth-order valence-electron chi connectivity index (χ4n) is 3.56. The predicted octanol–water partition coefficient (Wildman–Crippen LogP) is 4.51. The molecule has 2 N–H and O–H groups in total. The van der Waals surface area contributed by atoms with E-state index in [2.05, 4.69) is 90.3 Å². The van der Waals surface area contributed by atoms with Gasteiger partial charge >= 0.3 is 0 Å². The quantitative estimate of drug-likeness (QED) is 0.437. The van der Waals surface area contributed by atoms with Gasteiger partial charge in [0.1, 0.15) is 0 Å². The van der Waals surface area contributed by atoms with E-state index in [1.54, 1.807) is 12.4 Å². The molecule has 1 fully saturated rings. The van der Waals surface area contributed by atoms with Crippen molar-refractivity contribution in [3.05, 3.63) is 70.9 Å². The van der Waals surface area contributed by atoms with Crippen molar-refractivity contribution in [1.29, 1.82) is 0 Å². The van der Waals surface area contributed by atoms with E-state index in [-0.39, 0.29) is 0 Å². The van der Waals surface area contributed by atoms with Crippen molar-refractivity contribution in [2.24, 2.45) is 9.98 Å². The summed E-state index contributed by atoms with van der Waals surface area (Å²) in [6, 6.07) is 0. The van der Waals surface area contributed by atoms with Gasteiger partial charge in [-0.2, -0.15) is 0 Å². The van der Waals surface area contributed by atoms with Gasteiger partial charge in [-0.05, 0) is 51.1 Å².